The Hall–Kier alpha value is -3.21. The molecule has 1 atom stereocenters. The van der Waals surface area contributed by atoms with Gasteiger partial charge < -0.3 is 20.3 Å². The molecule has 4 rings (SSSR count). The maximum absolute atomic E-state index is 13.4. The van der Waals surface area contributed by atoms with E-state index in [9.17, 15) is 9.59 Å². The molecule has 0 saturated carbocycles. The maximum atomic E-state index is 13.4. The van der Waals surface area contributed by atoms with Crippen LogP contribution in [0, 0.1) is 5.92 Å². The van der Waals surface area contributed by atoms with Gasteiger partial charge in [-0.15, -0.1) is 11.3 Å². The van der Waals surface area contributed by atoms with E-state index < -0.39 is 6.09 Å². The number of hydrogen-bond donors (Lipinski definition) is 2. The lowest BCUT2D eigenvalue weighted by atomic mass is 10.0. The van der Waals surface area contributed by atoms with Gasteiger partial charge in [0.25, 0.3) is 5.91 Å². The van der Waals surface area contributed by atoms with Gasteiger partial charge in [-0.05, 0) is 25.7 Å². The Kier molecular flexibility index (Phi) is 6.77. The SMILES string of the molecule is COC(=O)NC1CCN(C(=O)c2cc(N[C@H](C)C(C)C)nc(-c3cnn4ccsc34)n2)CC1. The second-order valence-corrected chi connectivity index (χ2v) is 9.45. The number of thiazole rings is 1. The van der Waals surface area contributed by atoms with E-state index in [2.05, 4.69) is 46.2 Å². The number of nitrogens with zero attached hydrogens (tertiary/aromatic N) is 5. The molecule has 0 unspecified atom stereocenters. The first-order valence-corrected chi connectivity index (χ1v) is 11.9. The number of piperidine rings is 1. The monoisotopic (exact) mass is 471 g/mol. The normalized spacial score (nSPS) is 15.6. The number of amides is 2. The topological polar surface area (TPSA) is 114 Å². The minimum Gasteiger partial charge on any atom is -0.453 e. The van der Waals surface area contributed by atoms with Crippen LogP contribution in [0.3, 0.4) is 0 Å². The second kappa shape index (κ2) is 9.74. The number of alkyl carbamates (subject to hydrolysis) is 1. The van der Waals surface area contributed by atoms with Crippen molar-refractivity contribution < 1.29 is 14.3 Å². The molecule has 2 N–H and O–H groups in total. The summed E-state index contributed by atoms with van der Waals surface area (Å²) in [4.78, 5) is 36.9. The van der Waals surface area contributed by atoms with Crippen LogP contribution in [0.5, 0.6) is 0 Å². The number of hydrogen-bond acceptors (Lipinski definition) is 8. The Morgan fingerprint density at radius 1 is 1.21 bits per heavy atom. The number of carbonyl (C=O) groups excluding carboxylic acids is 2. The third kappa shape index (κ3) is 5.08. The first-order valence-electron chi connectivity index (χ1n) is 11.1. The standard InChI is InChI=1S/C22H29N7O3S/c1-13(2)14(3)24-18-11-17(20(30)28-7-5-15(6-8-28)25-22(31)32-4)26-19(27-18)16-12-23-29-9-10-33-21(16)29/h9-15H,5-8H2,1-4H3,(H,25,31)(H,24,26,27)/t14-/m1/s1. The van der Waals surface area contributed by atoms with Crippen molar-refractivity contribution in [3.05, 3.63) is 29.5 Å². The van der Waals surface area contributed by atoms with Gasteiger partial charge in [0, 0.05) is 42.8 Å². The molecule has 176 valence electrons. The van der Waals surface area contributed by atoms with Crippen molar-refractivity contribution in [2.24, 2.45) is 5.92 Å². The van der Waals surface area contributed by atoms with Gasteiger partial charge >= 0.3 is 6.09 Å². The van der Waals surface area contributed by atoms with Crippen LogP contribution in [-0.2, 0) is 4.74 Å². The Morgan fingerprint density at radius 2 is 1.97 bits per heavy atom. The summed E-state index contributed by atoms with van der Waals surface area (Å²) < 4.78 is 6.45. The lowest BCUT2D eigenvalue weighted by Crippen LogP contribution is -2.46. The molecule has 11 heteroatoms. The molecule has 0 aliphatic carbocycles. The van der Waals surface area contributed by atoms with E-state index in [0.717, 1.165) is 10.4 Å². The molecule has 0 radical (unpaired) electrons. The Bertz CT molecular complexity index is 1130. The van der Waals surface area contributed by atoms with Gasteiger partial charge in [-0.25, -0.2) is 19.3 Å². The summed E-state index contributed by atoms with van der Waals surface area (Å²) in [7, 11) is 1.34. The Labute approximate surface area is 196 Å². The fraction of sp³-hybridized carbons (Fsp3) is 0.500. The van der Waals surface area contributed by atoms with E-state index in [1.807, 2.05) is 11.6 Å². The highest BCUT2D eigenvalue weighted by Crippen LogP contribution is 2.27. The molecular weight excluding hydrogens is 442 g/mol. The summed E-state index contributed by atoms with van der Waals surface area (Å²) >= 11 is 1.55. The Balaban J connectivity index is 1.59. The average molecular weight is 472 g/mol. The van der Waals surface area contributed by atoms with Crippen LogP contribution >= 0.6 is 11.3 Å². The molecule has 0 bridgehead atoms. The highest BCUT2D eigenvalue weighted by atomic mass is 32.1. The number of fused-ring (bicyclic) bond motifs is 1. The third-order valence-corrected chi connectivity index (χ3v) is 6.87. The van der Waals surface area contributed by atoms with E-state index in [0.29, 0.717) is 49.2 Å². The number of rotatable bonds is 6. The summed E-state index contributed by atoms with van der Waals surface area (Å²) in [6.07, 6.45) is 4.48. The lowest BCUT2D eigenvalue weighted by molar-refractivity contribution is 0.0698. The quantitative estimate of drug-likeness (QED) is 0.567. The molecule has 1 aliphatic rings. The molecule has 10 nitrogen and oxygen atoms in total. The molecule has 1 fully saturated rings. The van der Waals surface area contributed by atoms with Crippen LogP contribution < -0.4 is 10.6 Å². The zero-order valence-corrected chi connectivity index (χ0v) is 20.1. The van der Waals surface area contributed by atoms with Gasteiger partial charge in [0.05, 0.1) is 18.9 Å². The molecule has 4 heterocycles. The van der Waals surface area contributed by atoms with Gasteiger partial charge in [-0.3, -0.25) is 4.79 Å². The molecule has 1 aliphatic heterocycles. The zero-order valence-electron chi connectivity index (χ0n) is 19.2. The number of nitrogens with one attached hydrogen (secondary N) is 2. The third-order valence-electron chi connectivity index (χ3n) is 5.98. The second-order valence-electron chi connectivity index (χ2n) is 8.55. The van der Waals surface area contributed by atoms with Crippen LogP contribution in [0.2, 0.25) is 0 Å². The van der Waals surface area contributed by atoms with E-state index in [1.165, 1.54) is 7.11 Å². The summed E-state index contributed by atoms with van der Waals surface area (Å²) in [5, 5.41) is 12.5. The van der Waals surface area contributed by atoms with Gasteiger partial charge in [-0.1, -0.05) is 13.8 Å². The fourth-order valence-electron chi connectivity index (χ4n) is 3.65. The average Bonchev–Trinajstić information content (AvgIpc) is 3.43. The number of methoxy groups -OCH3 is 1. The largest absolute Gasteiger partial charge is 0.453 e. The summed E-state index contributed by atoms with van der Waals surface area (Å²) in [6, 6.07) is 1.88. The van der Waals surface area contributed by atoms with Crippen LogP contribution in [-0.4, -0.2) is 68.8 Å². The van der Waals surface area contributed by atoms with E-state index in [-0.39, 0.29) is 18.0 Å². The number of anilines is 1. The Morgan fingerprint density at radius 3 is 2.67 bits per heavy atom. The van der Waals surface area contributed by atoms with Gasteiger partial charge in [0.2, 0.25) is 0 Å². The zero-order chi connectivity index (χ0) is 23.5. The molecule has 1 saturated heterocycles. The molecular formula is C22H29N7O3S. The molecule has 2 amide bonds. The molecule has 0 aromatic carbocycles. The first kappa shape index (κ1) is 23.0. The van der Waals surface area contributed by atoms with Crippen molar-refractivity contribution in [1.82, 2.24) is 29.8 Å². The number of aromatic nitrogens is 4. The highest BCUT2D eigenvalue weighted by Gasteiger charge is 2.27. The van der Waals surface area contributed by atoms with Crippen molar-refractivity contribution in [3.8, 4) is 11.4 Å². The summed E-state index contributed by atoms with van der Waals surface area (Å²) in [6.45, 7) is 7.41. The van der Waals surface area contributed by atoms with Crippen molar-refractivity contribution in [3.63, 3.8) is 0 Å². The predicted molar refractivity (Wildman–Crippen MR) is 126 cm³/mol. The van der Waals surface area contributed by atoms with Crippen LogP contribution in [0.15, 0.2) is 23.8 Å². The highest BCUT2D eigenvalue weighted by molar-refractivity contribution is 7.16. The lowest BCUT2D eigenvalue weighted by Gasteiger charge is -2.32. The van der Waals surface area contributed by atoms with E-state index in [4.69, 9.17) is 4.98 Å². The van der Waals surface area contributed by atoms with Crippen molar-refractivity contribution in [2.45, 2.75) is 45.7 Å². The minimum atomic E-state index is -0.448. The van der Waals surface area contributed by atoms with Gasteiger partial charge in [-0.2, -0.15) is 5.10 Å². The maximum Gasteiger partial charge on any atom is 0.407 e. The summed E-state index contributed by atoms with van der Waals surface area (Å²) in [5.41, 5.74) is 1.13. The molecule has 3 aromatic heterocycles. The number of carbonyl (C=O) groups is 2. The van der Waals surface area contributed by atoms with Crippen LogP contribution in [0.1, 0.15) is 44.1 Å². The summed E-state index contributed by atoms with van der Waals surface area (Å²) in [5.74, 6) is 1.33. The van der Waals surface area contributed by atoms with Crippen molar-refractivity contribution >= 4 is 34.0 Å². The molecule has 0 spiro atoms. The van der Waals surface area contributed by atoms with Crippen molar-refractivity contribution in [2.75, 3.05) is 25.5 Å². The minimum absolute atomic E-state index is 0.00823. The molecule has 33 heavy (non-hydrogen) atoms. The van der Waals surface area contributed by atoms with E-state index in [1.54, 1.807) is 33.0 Å². The smallest absolute Gasteiger partial charge is 0.407 e. The fourth-order valence-corrected chi connectivity index (χ4v) is 4.44. The predicted octanol–water partition coefficient (Wildman–Crippen LogP) is 3.27. The van der Waals surface area contributed by atoms with Crippen LogP contribution in [0.4, 0.5) is 10.6 Å². The first-order chi connectivity index (χ1) is 15.9. The number of likely N-dealkylation sites (tertiary alicyclic amines) is 1. The van der Waals surface area contributed by atoms with E-state index >= 15 is 0 Å². The van der Waals surface area contributed by atoms with Gasteiger partial charge in [0.15, 0.2) is 5.82 Å². The van der Waals surface area contributed by atoms with Crippen molar-refractivity contribution in [1.29, 1.82) is 0 Å². The van der Waals surface area contributed by atoms with Crippen LogP contribution in [0.25, 0.3) is 16.2 Å². The number of ether oxygens (including phenoxy) is 1. The van der Waals surface area contributed by atoms with Gasteiger partial charge in [0.1, 0.15) is 16.3 Å². The molecule has 3 aromatic rings.